The Hall–Kier alpha value is -1.06. The molecule has 76 valence electrons. The lowest BCUT2D eigenvalue weighted by molar-refractivity contribution is -0.0757. The Morgan fingerprint density at radius 2 is 2.29 bits per heavy atom. The molecule has 0 radical (unpaired) electrons. The van der Waals surface area contributed by atoms with Crippen molar-refractivity contribution < 1.29 is 9.63 Å². The first-order chi connectivity index (χ1) is 6.69. The number of hydrogen-bond donors (Lipinski definition) is 0. The van der Waals surface area contributed by atoms with Gasteiger partial charge in [-0.3, -0.25) is 9.63 Å². The fourth-order valence-electron chi connectivity index (χ4n) is 1.05. The van der Waals surface area contributed by atoms with E-state index in [1.807, 2.05) is 6.07 Å². The third-order valence-corrected chi connectivity index (χ3v) is 2.20. The fourth-order valence-corrected chi connectivity index (χ4v) is 1.22. The summed E-state index contributed by atoms with van der Waals surface area (Å²) in [4.78, 5) is 16.4. The van der Waals surface area contributed by atoms with Crippen LogP contribution >= 0.6 is 11.6 Å². The molecule has 0 aliphatic rings. The molecule has 0 N–H and O–H groups in total. The summed E-state index contributed by atoms with van der Waals surface area (Å²) in [6.07, 6.45) is 0. The van der Waals surface area contributed by atoms with E-state index >= 15 is 0 Å². The average Bonchev–Trinajstić information content (AvgIpc) is 2.27. The summed E-state index contributed by atoms with van der Waals surface area (Å²) < 4.78 is 0. The van der Waals surface area contributed by atoms with E-state index in [-0.39, 0.29) is 5.91 Å². The molecular formula is C10H12ClNO2. The topological polar surface area (TPSA) is 29.5 Å². The molecule has 0 spiro atoms. The number of hydroxylamine groups is 2. The molecule has 0 aromatic heterocycles. The van der Waals surface area contributed by atoms with E-state index in [1.165, 1.54) is 12.2 Å². The van der Waals surface area contributed by atoms with Gasteiger partial charge in [0.15, 0.2) is 0 Å². The van der Waals surface area contributed by atoms with Crippen LogP contribution in [0.3, 0.4) is 0 Å². The minimum atomic E-state index is -0.181. The quantitative estimate of drug-likeness (QED) is 0.568. The van der Waals surface area contributed by atoms with E-state index in [0.717, 1.165) is 5.56 Å². The van der Waals surface area contributed by atoms with Gasteiger partial charge in [0.25, 0.3) is 5.91 Å². The van der Waals surface area contributed by atoms with Gasteiger partial charge in [0.1, 0.15) is 0 Å². The van der Waals surface area contributed by atoms with Crippen LogP contribution in [0.5, 0.6) is 0 Å². The number of nitrogens with zero attached hydrogens (tertiary/aromatic N) is 1. The standard InChI is InChI=1S/C10H12ClNO2/c1-12(14-2)10(13)9-5-3-4-8(6-9)7-11/h3-6H,7H2,1-2H3. The first kappa shape index (κ1) is 11.0. The minimum absolute atomic E-state index is 0.181. The van der Waals surface area contributed by atoms with Crippen LogP contribution in [0.25, 0.3) is 0 Å². The van der Waals surface area contributed by atoms with Gasteiger partial charge < -0.3 is 0 Å². The summed E-state index contributed by atoms with van der Waals surface area (Å²) in [5.74, 6) is 0.220. The van der Waals surface area contributed by atoms with Gasteiger partial charge in [0.2, 0.25) is 0 Å². The van der Waals surface area contributed by atoms with Gasteiger partial charge >= 0.3 is 0 Å². The van der Waals surface area contributed by atoms with Crippen molar-refractivity contribution in [1.29, 1.82) is 0 Å². The van der Waals surface area contributed by atoms with Crippen LogP contribution < -0.4 is 0 Å². The third-order valence-electron chi connectivity index (χ3n) is 1.89. The Bertz CT molecular complexity index is 328. The molecule has 1 amide bonds. The van der Waals surface area contributed by atoms with Crippen molar-refractivity contribution >= 4 is 17.5 Å². The number of amides is 1. The molecule has 0 bridgehead atoms. The Kier molecular flexibility index (Phi) is 3.92. The van der Waals surface area contributed by atoms with E-state index in [2.05, 4.69) is 0 Å². The normalized spacial score (nSPS) is 9.93. The number of carbonyl (C=O) groups is 1. The van der Waals surface area contributed by atoms with Crippen molar-refractivity contribution in [1.82, 2.24) is 5.06 Å². The zero-order valence-electron chi connectivity index (χ0n) is 8.16. The average molecular weight is 214 g/mol. The summed E-state index contributed by atoms with van der Waals surface area (Å²) >= 11 is 5.66. The SMILES string of the molecule is CON(C)C(=O)c1cccc(CCl)c1. The Balaban J connectivity index is 2.90. The Morgan fingerprint density at radius 3 is 2.86 bits per heavy atom. The molecular weight excluding hydrogens is 202 g/mol. The van der Waals surface area contributed by atoms with E-state index in [1.54, 1.807) is 25.2 Å². The van der Waals surface area contributed by atoms with Gasteiger partial charge in [0, 0.05) is 18.5 Å². The maximum atomic E-state index is 11.6. The largest absolute Gasteiger partial charge is 0.277 e. The monoisotopic (exact) mass is 213 g/mol. The van der Waals surface area contributed by atoms with Crippen molar-refractivity contribution in [2.24, 2.45) is 0 Å². The highest BCUT2D eigenvalue weighted by atomic mass is 35.5. The predicted molar refractivity (Wildman–Crippen MR) is 55.1 cm³/mol. The van der Waals surface area contributed by atoms with Crippen LogP contribution in [0.1, 0.15) is 15.9 Å². The third kappa shape index (κ3) is 2.47. The molecule has 0 aliphatic heterocycles. The van der Waals surface area contributed by atoms with Gasteiger partial charge in [-0.1, -0.05) is 12.1 Å². The molecule has 0 saturated heterocycles. The van der Waals surface area contributed by atoms with Gasteiger partial charge in [-0.25, -0.2) is 5.06 Å². The summed E-state index contributed by atoms with van der Waals surface area (Å²) in [5, 5.41) is 1.17. The molecule has 1 rings (SSSR count). The number of alkyl halides is 1. The molecule has 0 atom stereocenters. The molecule has 0 unspecified atom stereocenters. The second-order valence-corrected chi connectivity index (χ2v) is 3.09. The minimum Gasteiger partial charge on any atom is -0.274 e. The lowest BCUT2D eigenvalue weighted by Gasteiger charge is -2.13. The van der Waals surface area contributed by atoms with Crippen LogP contribution in [0.2, 0.25) is 0 Å². The number of carbonyl (C=O) groups excluding carboxylic acids is 1. The summed E-state index contributed by atoms with van der Waals surface area (Å²) in [5.41, 5.74) is 1.49. The van der Waals surface area contributed by atoms with Crippen molar-refractivity contribution in [3.05, 3.63) is 35.4 Å². The molecule has 14 heavy (non-hydrogen) atoms. The molecule has 4 heteroatoms. The number of hydrogen-bond acceptors (Lipinski definition) is 2. The number of rotatable bonds is 3. The van der Waals surface area contributed by atoms with Crippen molar-refractivity contribution in [3.8, 4) is 0 Å². The summed E-state index contributed by atoms with van der Waals surface area (Å²) in [6, 6.07) is 7.16. The van der Waals surface area contributed by atoms with Gasteiger partial charge in [-0.15, -0.1) is 11.6 Å². The van der Waals surface area contributed by atoms with E-state index in [0.29, 0.717) is 11.4 Å². The van der Waals surface area contributed by atoms with Crippen LogP contribution in [0.4, 0.5) is 0 Å². The maximum absolute atomic E-state index is 11.6. The highest BCUT2D eigenvalue weighted by Gasteiger charge is 2.10. The lowest BCUT2D eigenvalue weighted by atomic mass is 10.1. The number of benzene rings is 1. The predicted octanol–water partition coefficient (Wildman–Crippen LogP) is 2.06. The second-order valence-electron chi connectivity index (χ2n) is 2.82. The molecule has 1 aromatic carbocycles. The van der Waals surface area contributed by atoms with Gasteiger partial charge in [0.05, 0.1) is 7.11 Å². The zero-order valence-corrected chi connectivity index (χ0v) is 8.91. The fraction of sp³-hybridized carbons (Fsp3) is 0.300. The summed E-state index contributed by atoms with van der Waals surface area (Å²) in [7, 11) is 3.01. The Morgan fingerprint density at radius 1 is 1.57 bits per heavy atom. The van der Waals surface area contributed by atoms with Gasteiger partial charge in [-0.05, 0) is 17.7 Å². The smallest absolute Gasteiger partial charge is 0.274 e. The molecule has 0 heterocycles. The zero-order chi connectivity index (χ0) is 10.6. The first-order valence-electron chi connectivity index (χ1n) is 4.16. The van der Waals surface area contributed by atoms with Gasteiger partial charge in [-0.2, -0.15) is 0 Å². The number of halogens is 1. The second kappa shape index (κ2) is 4.98. The van der Waals surface area contributed by atoms with Crippen molar-refractivity contribution in [3.63, 3.8) is 0 Å². The molecule has 0 saturated carbocycles. The molecule has 0 fully saturated rings. The van der Waals surface area contributed by atoms with Crippen LogP contribution in [0.15, 0.2) is 24.3 Å². The first-order valence-corrected chi connectivity index (χ1v) is 4.69. The van der Waals surface area contributed by atoms with Crippen molar-refractivity contribution in [2.45, 2.75) is 5.88 Å². The van der Waals surface area contributed by atoms with E-state index in [9.17, 15) is 4.79 Å². The molecule has 0 aliphatic carbocycles. The Labute approximate surface area is 88.2 Å². The van der Waals surface area contributed by atoms with Crippen molar-refractivity contribution in [2.75, 3.05) is 14.2 Å². The van der Waals surface area contributed by atoms with E-state index in [4.69, 9.17) is 16.4 Å². The van der Waals surface area contributed by atoms with E-state index < -0.39 is 0 Å². The highest BCUT2D eigenvalue weighted by Crippen LogP contribution is 2.09. The molecule has 1 aromatic rings. The van der Waals surface area contributed by atoms with Crippen LogP contribution in [-0.2, 0) is 10.7 Å². The summed E-state index contributed by atoms with van der Waals surface area (Å²) in [6.45, 7) is 0. The highest BCUT2D eigenvalue weighted by molar-refractivity contribution is 6.17. The molecule has 3 nitrogen and oxygen atoms in total. The lowest BCUT2D eigenvalue weighted by Crippen LogP contribution is -2.25. The van der Waals surface area contributed by atoms with Crippen LogP contribution in [-0.4, -0.2) is 25.1 Å². The van der Waals surface area contributed by atoms with Crippen LogP contribution in [0, 0.1) is 0 Å². The maximum Gasteiger partial charge on any atom is 0.277 e.